The van der Waals surface area contributed by atoms with Crippen LogP contribution in [0.15, 0.2) is 29.2 Å². The van der Waals surface area contributed by atoms with E-state index in [0.29, 0.717) is 16.9 Å². The van der Waals surface area contributed by atoms with Crippen molar-refractivity contribution >= 4 is 23.8 Å². The SMILES string of the molecule is CCC(=O)NSc1ccccc1C(=O)OC. The molecule has 1 N–H and O–H groups in total. The number of amides is 1. The molecule has 1 aromatic carbocycles. The molecule has 0 spiro atoms. The van der Waals surface area contributed by atoms with Crippen LogP contribution in [0, 0.1) is 0 Å². The van der Waals surface area contributed by atoms with Gasteiger partial charge in [0.25, 0.3) is 0 Å². The van der Waals surface area contributed by atoms with Gasteiger partial charge in [-0.15, -0.1) is 0 Å². The van der Waals surface area contributed by atoms with Gasteiger partial charge in [0.05, 0.1) is 12.7 Å². The molecule has 0 fully saturated rings. The van der Waals surface area contributed by atoms with E-state index in [2.05, 4.69) is 9.46 Å². The van der Waals surface area contributed by atoms with Crippen molar-refractivity contribution in [3.05, 3.63) is 29.8 Å². The third-order valence-corrected chi connectivity index (χ3v) is 2.79. The van der Waals surface area contributed by atoms with E-state index in [0.717, 1.165) is 11.9 Å². The van der Waals surface area contributed by atoms with E-state index in [-0.39, 0.29) is 5.91 Å². The lowest BCUT2D eigenvalue weighted by Crippen LogP contribution is -2.14. The first kappa shape index (κ1) is 12.6. The van der Waals surface area contributed by atoms with E-state index in [4.69, 9.17) is 0 Å². The van der Waals surface area contributed by atoms with Gasteiger partial charge in [-0.1, -0.05) is 19.1 Å². The molecule has 0 aromatic heterocycles. The Hall–Kier alpha value is -1.49. The number of benzene rings is 1. The van der Waals surface area contributed by atoms with Gasteiger partial charge in [0, 0.05) is 11.3 Å². The fourth-order valence-corrected chi connectivity index (χ4v) is 1.79. The van der Waals surface area contributed by atoms with Gasteiger partial charge >= 0.3 is 5.97 Å². The molecule has 0 unspecified atom stereocenters. The fourth-order valence-electron chi connectivity index (χ4n) is 1.02. The zero-order chi connectivity index (χ0) is 12.0. The molecule has 0 bridgehead atoms. The molecule has 0 atom stereocenters. The van der Waals surface area contributed by atoms with Crippen molar-refractivity contribution in [1.82, 2.24) is 4.72 Å². The Morgan fingerprint density at radius 1 is 1.38 bits per heavy atom. The molecule has 5 heteroatoms. The van der Waals surface area contributed by atoms with Gasteiger partial charge in [-0.05, 0) is 24.1 Å². The molecule has 1 aromatic rings. The molecule has 0 radical (unpaired) electrons. The average molecular weight is 239 g/mol. The molecule has 1 rings (SSSR count). The minimum absolute atomic E-state index is 0.0790. The standard InChI is InChI=1S/C11H13NO3S/c1-3-10(13)12-16-9-7-5-4-6-8(9)11(14)15-2/h4-7H,3H2,1-2H3,(H,12,13). The zero-order valence-corrected chi connectivity index (χ0v) is 9.97. The minimum atomic E-state index is -0.408. The first-order valence-corrected chi connectivity index (χ1v) is 5.63. The van der Waals surface area contributed by atoms with Gasteiger partial charge < -0.3 is 4.74 Å². The van der Waals surface area contributed by atoms with Crippen LogP contribution >= 0.6 is 11.9 Å². The summed E-state index contributed by atoms with van der Waals surface area (Å²) in [5, 5.41) is 0. The Balaban J connectivity index is 2.79. The third-order valence-electron chi connectivity index (χ3n) is 1.89. The van der Waals surface area contributed by atoms with E-state index in [1.165, 1.54) is 7.11 Å². The van der Waals surface area contributed by atoms with Crippen molar-refractivity contribution in [2.45, 2.75) is 18.2 Å². The highest BCUT2D eigenvalue weighted by Gasteiger charge is 2.11. The number of hydrogen-bond donors (Lipinski definition) is 1. The summed E-state index contributed by atoms with van der Waals surface area (Å²) in [5.41, 5.74) is 0.450. The summed E-state index contributed by atoms with van der Waals surface area (Å²) in [6, 6.07) is 6.96. The van der Waals surface area contributed by atoms with Crippen molar-refractivity contribution in [2.75, 3.05) is 7.11 Å². The Morgan fingerprint density at radius 3 is 2.69 bits per heavy atom. The maximum Gasteiger partial charge on any atom is 0.339 e. The summed E-state index contributed by atoms with van der Waals surface area (Å²) in [6.07, 6.45) is 0.410. The highest BCUT2D eigenvalue weighted by molar-refractivity contribution is 7.98. The number of methoxy groups -OCH3 is 1. The van der Waals surface area contributed by atoms with Crippen LogP contribution in [0.1, 0.15) is 23.7 Å². The molecule has 1 amide bonds. The predicted molar refractivity (Wildman–Crippen MR) is 62.1 cm³/mol. The van der Waals surface area contributed by atoms with E-state index < -0.39 is 5.97 Å². The Morgan fingerprint density at radius 2 is 2.06 bits per heavy atom. The number of esters is 1. The summed E-state index contributed by atoms with van der Waals surface area (Å²) in [5.74, 6) is -0.487. The van der Waals surface area contributed by atoms with Crippen LogP contribution < -0.4 is 4.72 Å². The molecule has 16 heavy (non-hydrogen) atoms. The number of hydrogen-bond acceptors (Lipinski definition) is 4. The van der Waals surface area contributed by atoms with Crippen molar-refractivity contribution in [1.29, 1.82) is 0 Å². The zero-order valence-electron chi connectivity index (χ0n) is 9.15. The summed E-state index contributed by atoms with van der Waals surface area (Å²) >= 11 is 1.12. The Bertz CT molecular complexity index is 393. The molecule has 86 valence electrons. The van der Waals surface area contributed by atoms with Crippen molar-refractivity contribution < 1.29 is 14.3 Å². The minimum Gasteiger partial charge on any atom is -0.465 e. The Labute approximate surface area is 98.5 Å². The van der Waals surface area contributed by atoms with Gasteiger partial charge in [0.2, 0.25) is 5.91 Å². The number of rotatable bonds is 4. The second kappa shape index (κ2) is 6.17. The summed E-state index contributed by atoms with van der Waals surface area (Å²) in [7, 11) is 1.33. The highest BCUT2D eigenvalue weighted by Crippen LogP contribution is 2.20. The number of carbonyl (C=O) groups excluding carboxylic acids is 2. The summed E-state index contributed by atoms with van der Waals surface area (Å²) in [6.45, 7) is 1.77. The van der Waals surface area contributed by atoms with Crippen molar-refractivity contribution in [3.8, 4) is 0 Å². The summed E-state index contributed by atoms with van der Waals surface area (Å²) < 4.78 is 7.28. The van der Waals surface area contributed by atoms with Gasteiger partial charge in [-0.3, -0.25) is 9.52 Å². The second-order valence-electron chi connectivity index (χ2n) is 2.97. The maximum absolute atomic E-state index is 11.4. The van der Waals surface area contributed by atoms with E-state index in [1.807, 2.05) is 0 Å². The number of carbonyl (C=O) groups is 2. The monoisotopic (exact) mass is 239 g/mol. The Kier molecular flexibility index (Phi) is 4.85. The van der Waals surface area contributed by atoms with E-state index >= 15 is 0 Å². The average Bonchev–Trinajstić information content (AvgIpc) is 2.35. The first-order chi connectivity index (χ1) is 7.69. The summed E-state index contributed by atoms with van der Waals surface area (Å²) in [4.78, 5) is 23.2. The molecular formula is C11H13NO3S. The fraction of sp³-hybridized carbons (Fsp3) is 0.273. The highest BCUT2D eigenvalue weighted by atomic mass is 32.2. The van der Waals surface area contributed by atoms with Gasteiger partial charge in [0.1, 0.15) is 0 Å². The van der Waals surface area contributed by atoms with Crippen LogP contribution in [0.3, 0.4) is 0 Å². The number of ether oxygens (including phenoxy) is 1. The van der Waals surface area contributed by atoms with Crippen LogP contribution in [-0.2, 0) is 9.53 Å². The van der Waals surface area contributed by atoms with Gasteiger partial charge in [-0.2, -0.15) is 0 Å². The molecule has 0 heterocycles. The lowest BCUT2D eigenvalue weighted by molar-refractivity contribution is -0.118. The molecule has 0 aliphatic rings. The van der Waals surface area contributed by atoms with Crippen LogP contribution in [0.25, 0.3) is 0 Å². The third kappa shape index (κ3) is 3.27. The van der Waals surface area contributed by atoms with E-state index in [1.54, 1.807) is 31.2 Å². The maximum atomic E-state index is 11.4. The van der Waals surface area contributed by atoms with E-state index in [9.17, 15) is 9.59 Å². The van der Waals surface area contributed by atoms with Crippen LogP contribution in [0.4, 0.5) is 0 Å². The number of nitrogens with one attached hydrogen (secondary N) is 1. The lowest BCUT2D eigenvalue weighted by atomic mass is 10.2. The van der Waals surface area contributed by atoms with Crippen molar-refractivity contribution in [2.24, 2.45) is 0 Å². The predicted octanol–water partition coefficient (Wildman–Crippen LogP) is 2.01. The first-order valence-electron chi connectivity index (χ1n) is 4.82. The van der Waals surface area contributed by atoms with Gasteiger partial charge in [0.15, 0.2) is 0 Å². The second-order valence-corrected chi connectivity index (χ2v) is 3.82. The van der Waals surface area contributed by atoms with Crippen LogP contribution in [0.5, 0.6) is 0 Å². The van der Waals surface area contributed by atoms with Crippen molar-refractivity contribution in [3.63, 3.8) is 0 Å². The molecular weight excluding hydrogens is 226 g/mol. The molecule has 0 saturated carbocycles. The molecule has 0 aliphatic heterocycles. The smallest absolute Gasteiger partial charge is 0.339 e. The topological polar surface area (TPSA) is 55.4 Å². The molecule has 0 aliphatic carbocycles. The quantitative estimate of drug-likeness (QED) is 0.645. The van der Waals surface area contributed by atoms with Crippen LogP contribution in [0.2, 0.25) is 0 Å². The molecule has 4 nitrogen and oxygen atoms in total. The van der Waals surface area contributed by atoms with Crippen LogP contribution in [-0.4, -0.2) is 19.0 Å². The van der Waals surface area contributed by atoms with Gasteiger partial charge in [-0.25, -0.2) is 4.79 Å². The normalized spacial score (nSPS) is 9.62. The molecule has 0 saturated heterocycles. The lowest BCUT2D eigenvalue weighted by Gasteiger charge is -2.07. The largest absolute Gasteiger partial charge is 0.465 e.